The highest BCUT2D eigenvalue weighted by Crippen LogP contribution is 2.83. The average Bonchev–Trinajstić information content (AvgIpc) is 3.34. The zero-order valence-corrected chi connectivity index (χ0v) is 28.4. The highest BCUT2D eigenvalue weighted by molar-refractivity contribution is 5.88. The van der Waals surface area contributed by atoms with Crippen molar-refractivity contribution in [1.82, 2.24) is 0 Å². The molecule has 1 spiro atoms. The van der Waals surface area contributed by atoms with Gasteiger partial charge in [0.25, 0.3) is 5.79 Å². The van der Waals surface area contributed by atoms with E-state index in [0.29, 0.717) is 0 Å². The van der Waals surface area contributed by atoms with E-state index < -0.39 is 150 Å². The number of rotatable bonds is 6. The Morgan fingerprint density at radius 1 is 1.02 bits per heavy atom. The summed E-state index contributed by atoms with van der Waals surface area (Å²) in [6, 6.07) is 0. The number of ether oxygens (including phenoxy) is 8. The molecule has 8 aliphatic rings. The number of hydrogen-bond donors (Lipinski definition) is 4. The second-order valence-corrected chi connectivity index (χ2v) is 15.6. The second-order valence-electron chi connectivity index (χ2n) is 15.6. The average molecular weight is 713 g/mol. The van der Waals surface area contributed by atoms with Gasteiger partial charge in [0.15, 0.2) is 6.29 Å². The molecule has 2 unspecified atom stereocenters. The number of fused-ring (bicyclic) bond motifs is 7. The van der Waals surface area contributed by atoms with Gasteiger partial charge in [0.1, 0.15) is 34.4 Å². The summed E-state index contributed by atoms with van der Waals surface area (Å²) < 4.78 is 64.8. The van der Waals surface area contributed by atoms with Crippen molar-refractivity contribution in [2.45, 2.75) is 113 Å². The highest BCUT2D eigenvalue weighted by Gasteiger charge is 2.97. The van der Waals surface area contributed by atoms with Gasteiger partial charge in [-0.05, 0) is 27.2 Å². The van der Waals surface area contributed by atoms with Crippen LogP contribution in [0.1, 0.15) is 56.6 Å². The zero-order chi connectivity index (χ0) is 37.9. The van der Waals surface area contributed by atoms with Crippen molar-refractivity contribution in [3.63, 3.8) is 0 Å². The Balaban J connectivity index is 1.38. The fourth-order valence-electron chi connectivity index (χ4n) is 12.0. The molecule has 16 nitrogen and oxygen atoms in total. The van der Waals surface area contributed by atoms with E-state index in [0.717, 1.165) is 14.0 Å². The number of hydrogen-bond acceptors (Lipinski definition) is 15. The summed E-state index contributed by atoms with van der Waals surface area (Å²) in [5.74, 6) is -11.3. The molecule has 3 saturated carbocycles. The maximum Gasteiger partial charge on any atom is 0.366 e. The topological polar surface area (TPSA) is 226 Å². The Hall–Kier alpha value is -2.70. The van der Waals surface area contributed by atoms with E-state index in [4.69, 9.17) is 40.6 Å². The number of esters is 3. The van der Waals surface area contributed by atoms with E-state index >= 15 is 0 Å². The lowest BCUT2D eigenvalue weighted by Gasteiger charge is -2.65. The summed E-state index contributed by atoms with van der Waals surface area (Å²) in [6.45, 7) is 4.79. The van der Waals surface area contributed by atoms with Gasteiger partial charge in [-0.25, -0.2) is 9.59 Å². The van der Waals surface area contributed by atoms with Crippen LogP contribution in [0.2, 0.25) is 0 Å². The number of methoxy groups -OCH3 is 1. The number of epoxide rings is 1. The van der Waals surface area contributed by atoms with E-state index in [-0.39, 0.29) is 12.0 Å². The van der Waals surface area contributed by atoms with Gasteiger partial charge in [-0.15, -0.1) is 0 Å². The van der Waals surface area contributed by atoms with Gasteiger partial charge in [0, 0.05) is 55.3 Å². The molecule has 8 rings (SSSR count). The molecule has 0 aromatic carbocycles. The Labute approximate surface area is 290 Å². The first-order chi connectivity index (χ1) is 24.2. The van der Waals surface area contributed by atoms with Crippen molar-refractivity contribution in [2.75, 3.05) is 26.9 Å². The lowest BCUT2D eigenvalue weighted by atomic mass is 9.37. The minimum absolute atomic E-state index is 0.0654. The third-order valence-corrected chi connectivity index (χ3v) is 14.0. The summed E-state index contributed by atoms with van der Waals surface area (Å²) in [5, 5.41) is 48.6. The molecule has 0 aromatic heterocycles. The summed E-state index contributed by atoms with van der Waals surface area (Å²) in [7, 11) is 1.01. The summed E-state index contributed by atoms with van der Waals surface area (Å²) in [6.07, 6.45) is -8.85. The number of aliphatic hydroxyl groups is 3. The van der Waals surface area contributed by atoms with E-state index in [9.17, 15) is 39.6 Å². The second kappa shape index (κ2) is 10.2. The Kier molecular flexibility index (Phi) is 6.55. The van der Waals surface area contributed by atoms with Gasteiger partial charge < -0.3 is 58.3 Å². The largest absolute Gasteiger partial charge is 0.481 e. The predicted molar refractivity (Wildman–Crippen MR) is 160 cm³/mol. The predicted octanol–water partition coefficient (Wildman–Crippen LogP) is -0.415. The zero-order valence-electron chi connectivity index (χ0n) is 30.4. The molecule has 8 fully saturated rings. The van der Waals surface area contributed by atoms with Crippen LogP contribution in [0.3, 0.4) is 0 Å². The molecular weight excluding hydrogens is 664 g/mol. The molecule has 5 aliphatic heterocycles. The van der Waals surface area contributed by atoms with E-state index in [1.807, 2.05) is 0 Å². The number of carbonyl (C=O) groups is 4. The number of carboxylic acids is 1. The molecule has 0 radical (unpaired) electrons. The monoisotopic (exact) mass is 712 g/mol. The van der Waals surface area contributed by atoms with Gasteiger partial charge >= 0.3 is 23.9 Å². The highest BCUT2D eigenvalue weighted by atomic mass is 16.7. The quantitative estimate of drug-likeness (QED) is 0.119. The lowest BCUT2D eigenvalue weighted by molar-refractivity contribution is -0.316. The van der Waals surface area contributed by atoms with Crippen LogP contribution in [0.25, 0.3) is 0 Å². The smallest absolute Gasteiger partial charge is 0.366 e. The SMILES string of the molecule is [3H]C1O[C@H]2O[C@H]3C[C@@H]([C@@]2(O)C1[3H])[C@]1(C)O[C@]31[C@]1(C)[C@H](O)[C@@H]2OC[C@]3(C(=O)O)[C@H](OC(C)=O)C[C@H](OC(=O)/C(C)=C/C)[C@@]4(CO[C@](O)(C(=O)OC)[C@H]41)[C@@H]23. The van der Waals surface area contributed by atoms with Crippen molar-refractivity contribution in [1.29, 1.82) is 0 Å². The van der Waals surface area contributed by atoms with Crippen molar-refractivity contribution in [2.24, 2.45) is 34.0 Å². The maximum absolute atomic E-state index is 13.9. The Morgan fingerprint density at radius 2 is 1.74 bits per heavy atom. The normalized spacial score (nSPS) is 58.8. The number of aliphatic hydroxyl groups excluding tert-OH is 1. The van der Waals surface area contributed by atoms with Crippen LogP contribution in [0.15, 0.2) is 11.6 Å². The number of allylic oxidation sites excluding steroid dienone is 1. The maximum atomic E-state index is 13.9. The first-order valence-corrected chi connectivity index (χ1v) is 16.8. The minimum Gasteiger partial charge on any atom is -0.481 e. The van der Waals surface area contributed by atoms with Gasteiger partial charge in [-0.3, -0.25) is 9.59 Å². The van der Waals surface area contributed by atoms with Crippen LogP contribution in [-0.2, 0) is 57.1 Å². The van der Waals surface area contributed by atoms with Crippen molar-refractivity contribution in [3.8, 4) is 0 Å². The van der Waals surface area contributed by atoms with E-state index in [1.165, 1.54) is 19.9 Å². The lowest BCUT2D eigenvalue weighted by Crippen LogP contribution is -2.79. The summed E-state index contributed by atoms with van der Waals surface area (Å²) >= 11 is 0. The molecule has 3 aliphatic carbocycles. The van der Waals surface area contributed by atoms with E-state index in [1.54, 1.807) is 13.8 Å². The fourth-order valence-corrected chi connectivity index (χ4v) is 12.0. The number of carboxylic acid groups (broad SMARTS) is 1. The van der Waals surface area contributed by atoms with Gasteiger partial charge in [-0.1, -0.05) is 13.0 Å². The Morgan fingerprint density at radius 3 is 2.38 bits per heavy atom. The molecular formula is C34H44O16. The molecule has 18 atom stereocenters. The molecule has 16 heteroatoms. The van der Waals surface area contributed by atoms with Crippen molar-refractivity contribution in [3.05, 3.63) is 11.6 Å². The van der Waals surface area contributed by atoms with Crippen LogP contribution in [0.5, 0.6) is 0 Å². The molecule has 4 N–H and O–H groups in total. The van der Waals surface area contributed by atoms with Crippen LogP contribution < -0.4 is 0 Å². The van der Waals surface area contributed by atoms with Gasteiger partial charge in [0.2, 0.25) is 0 Å². The van der Waals surface area contributed by atoms with Gasteiger partial charge in [0.05, 0.1) is 46.6 Å². The fraction of sp³-hybridized carbons (Fsp3) is 0.824. The first-order valence-electron chi connectivity index (χ1n) is 18.0. The molecule has 2 bridgehead atoms. The van der Waals surface area contributed by atoms with Crippen LogP contribution in [-0.4, -0.2) is 131 Å². The third-order valence-electron chi connectivity index (χ3n) is 14.0. The molecule has 5 heterocycles. The summed E-state index contributed by atoms with van der Waals surface area (Å²) in [5.41, 5.74) is -10.9. The first kappa shape index (κ1) is 32.0. The van der Waals surface area contributed by atoms with Crippen molar-refractivity contribution >= 4 is 23.9 Å². The van der Waals surface area contributed by atoms with Crippen LogP contribution >= 0.6 is 0 Å². The molecule has 276 valence electrons. The van der Waals surface area contributed by atoms with Crippen LogP contribution in [0, 0.1) is 34.0 Å². The number of aliphatic carboxylic acids is 1. The summed E-state index contributed by atoms with van der Waals surface area (Å²) in [4.78, 5) is 53.6. The number of carbonyl (C=O) groups excluding carboxylic acids is 3. The van der Waals surface area contributed by atoms with E-state index in [2.05, 4.69) is 0 Å². The molecule has 0 amide bonds. The molecule has 50 heavy (non-hydrogen) atoms. The minimum atomic E-state index is -2.93. The Bertz CT molecular complexity index is 1680. The molecule has 5 saturated heterocycles. The third kappa shape index (κ3) is 3.50. The molecule has 0 aromatic rings. The standard InChI is InChI=1S/C34H44O16/c1-7-14(2)23(37)48-17-11-18(47-15(3)35)31(25(38)39)12-45-20-21(31)30(17)13-46-33(42,26(40)43-6)24(30)28(4,22(20)36)34-19-10-16(29(34,5)50-34)32(41)8-9-44-27(32)49-19/h7,16-22,24,27,36,41-42H,8-13H2,1-6H3,(H,38,39)/b14-7+/t16-,17+,18-,19+,20-,21-,22-,24+,27+,28-,29+,30+,31+,32+,33+,34+/m1/s1/i8T,9T/t8?,9?,16-,17+,18-,19+,20-,21-,22-,24+,27+,28-,29+,30+,31+,32+,33+,34+. The van der Waals surface area contributed by atoms with Crippen LogP contribution in [0.4, 0.5) is 0 Å². The van der Waals surface area contributed by atoms with Crippen molar-refractivity contribution < 1.29 is 80.2 Å². The van der Waals surface area contributed by atoms with Gasteiger partial charge in [-0.2, -0.15) is 0 Å².